The molecular weight excluding hydrogens is 218 g/mol. The zero-order chi connectivity index (χ0) is 12.5. The van der Waals surface area contributed by atoms with Crippen LogP contribution in [0.4, 0.5) is 4.39 Å². The van der Waals surface area contributed by atoms with Crippen LogP contribution in [0.5, 0.6) is 0 Å². The van der Waals surface area contributed by atoms with Crippen LogP contribution < -0.4 is 5.32 Å². The van der Waals surface area contributed by atoms with Crippen LogP contribution in [-0.4, -0.2) is 17.9 Å². The average Bonchev–Trinajstić information content (AvgIpc) is 2.11. The minimum Gasteiger partial charge on any atom is -0.355 e. The lowest BCUT2D eigenvalue weighted by Crippen LogP contribution is -2.19. The van der Waals surface area contributed by atoms with Crippen molar-refractivity contribution < 1.29 is 13.3 Å². The van der Waals surface area contributed by atoms with Crippen molar-refractivity contribution in [1.82, 2.24) is 10.3 Å². The minimum absolute atomic E-state index is 0.389. The predicted octanol–water partition coefficient (Wildman–Crippen LogP) is 1.89. The maximum atomic E-state index is 13.1. The van der Waals surface area contributed by atoms with Crippen LogP contribution >= 0.6 is 23.2 Å². The topological polar surface area (TPSA) is 42.0 Å². The molecule has 0 bridgehead atoms. The van der Waals surface area contributed by atoms with Crippen molar-refractivity contribution in [1.29, 1.82) is 0 Å². The van der Waals surface area contributed by atoms with Crippen LogP contribution in [0.25, 0.3) is 0 Å². The Balaban J connectivity index is 3.06. The number of carbonyl (C=O) groups is 1. The first-order chi connectivity index (χ1) is 7.22. The molecule has 1 N–H and O–H groups in total. The smallest absolute Gasteiger partial charge is 0.254 e. The molecule has 0 aliphatic heterocycles. The number of nitrogens with one attached hydrogen (secondary N) is 1. The number of carbonyl (C=O) groups excluding carboxylic acids is 1. The third kappa shape index (κ3) is 1.89. The summed E-state index contributed by atoms with van der Waals surface area (Å²) in [6, 6.07) is 0. The highest BCUT2D eigenvalue weighted by Gasteiger charge is 2.15. The van der Waals surface area contributed by atoms with Crippen LogP contribution in [0.2, 0.25) is 10.2 Å². The van der Waals surface area contributed by atoms with Gasteiger partial charge in [0.15, 0.2) is 11.0 Å². The monoisotopic (exact) mass is 225 g/mol. The number of aromatic nitrogens is 1. The standard InChI is InChI=1S/C7H5Cl2FN2O/c1-11-7(13)3-2-12-6(9)5(10)4(3)8/h2H,1H3,(H,11,13)/i1D3. The first-order valence-electron chi connectivity index (χ1n) is 4.54. The molecule has 6 heteroatoms. The van der Waals surface area contributed by atoms with E-state index in [4.69, 9.17) is 27.3 Å². The number of hydrogen-bond acceptors (Lipinski definition) is 2. The molecule has 0 saturated carbocycles. The second-order valence-corrected chi connectivity index (χ2v) is 2.78. The summed E-state index contributed by atoms with van der Waals surface area (Å²) < 4.78 is 33.5. The minimum atomic E-state index is -2.68. The van der Waals surface area contributed by atoms with E-state index in [1.807, 2.05) is 0 Å². The van der Waals surface area contributed by atoms with Gasteiger partial charge in [0.25, 0.3) is 5.91 Å². The van der Waals surface area contributed by atoms with Crippen LogP contribution in [0.15, 0.2) is 6.20 Å². The lowest BCUT2D eigenvalue weighted by molar-refractivity contribution is 0.0962. The molecule has 0 radical (unpaired) electrons. The molecule has 0 fully saturated rings. The Kier molecular flexibility index (Phi) is 1.97. The van der Waals surface area contributed by atoms with Crippen molar-refractivity contribution in [3.05, 3.63) is 27.8 Å². The van der Waals surface area contributed by atoms with Gasteiger partial charge >= 0.3 is 0 Å². The molecule has 1 amide bonds. The van der Waals surface area contributed by atoms with Gasteiger partial charge in [-0.1, -0.05) is 23.2 Å². The molecule has 0 aliphatic rings. The highest BCUT2D eigenvalue weighted by Crippen LogP contribution is 2.23. The third-order valence-corrected chi connectivity index (χ3v) is 1.91. The van der Waals surface area contributed by atoms with Crippen molar-refractivity contribution in [2.75, 3.05) is 6.98 Å². The zero-order valence-corrected chi connectivity index (χ0v) is 7.58. The summed E-state index contributed by atoms with van der Waals surface area (Å²) >= 11 is 10.8. The Morgan fingerprint density at radius 1 is 1.77 bits per heavy atom. The Labute approximate surface area is 88.1 Å². The molecule has 70 valence electrons. The van der Waals surface area contributed by atoms with E-state index in [1.54, 1.807) is 5.32 Å². The van der Waals surface area contributed by atoms with Crippen molar-refractivity contribution in [3.8, 4) is 0 Å². The summed E-state index contributed by atoms with van der Waals surface area (Å²) in [6.45, 7) is -2.68. The molecular formula is C7H5Cl2FN2O. The van der Waals surface area contributed by atoms with E-state index in [1.165, 1.54) is 0 Å². The molecule has 13 heavy (non-hydrogen) atoms. The van der Waals surface area contributed by atoms with Crippen molar-refractivity contribution in [2.45, 2.75) is 0 Å². The van der Waals surface area contributed by atoms with Gasteiger partial charge < -0.3 is 5.32 Å². The molecule has 0 aliphatic carbocycles. The molecule has 1 rings (SSSR count). The molecule has 3 nitrogen and oxygen atoms in total. The summed E-state index contributed by atoms with van der Waals surface area (Å²) in [5.41, 5.74) is -0.389. The highest BCUT2D eigenvalue weighted by molar-refractivity contribution is 6.36. The number of nitrogens with zero attached hydrogens (tertiary/aromatic N) is 1. The Morgan fingerprint density at radius 3 is 3.08 bits per heavy atom. The number of amides is 1. The normalized spacial score (nSPS) is 14.2. The summed E-state index contributed by atoms with van der Waals surface area (Å²) in [5.74, 6) is -2.12. The SMILES string of the molecule is [2H]C([2H])([2H])NC(=O)c1cnc(Cl)c(F)c1Cl. The van der Waals surface area contributed by atoms with E-state index in [9.17, 15) is 9.18 Å². The second-order valence-electron chi connectivity index (χ2n) is 2.04. The average molecular weight is 226 g/mol. The summed E-state index contributed by atoms with van der Waals surface area (Å²) in [5, 5.41) is 0.592. The second kappa shape index (κ2) is 3.89. The van der Waals surface area contributed by atoms with E-state index in [0.29, 0.717) is 0 Å². The first kappa shape index (κ1) is 6.56. The van der Waals surface area contributed by atoms with Crippen molar-refractivity contribution in [3.63, 3.8) is 0 Å². The molecule has 1 heterocycles. The summed E-state index contributed by atoms with van der Waals surface area (Å²) in [4.78, 5) is 14.7. The molecule has 0 spiro atoms. The Bertz CT molecular complexity index is 438. The number of pyridine rings is 1. The number of rotatable bonds is 1. The maximum Gasteiger partial charge on any atom is 0.254 e. The first-order valence-corrected chi connectivity index (χ1v) is 3.80. The summed E-state index contributed by atoms with van der Waals surface area (Å²) in [7, 11) is 0. The van der Waals surface area contributed by atoms with Gasteiger partial charge in [-0.3, -0.25) is 4.79 Å². The van der Waals surface area contributed by atoms with Crippen LogP contribution in [0, 0.1) is 5.82 Å². The molecule has 0 atom stereocenters. The van der Waals surface area contributed by atoms with Gasteiger partial charge in [0.05, 0.1) is 10.6 Å². The predicted molar refractivity (Wildman–Crippen MR) is 47.6 cm³/mol. The summed E-state index contributed by atoms with van der Waals surface area (Å²) in [6.07, 6.45) is 0.898. The Hall–Kier alpha value is -0.870. The van der Waals surface area contributed by atoms with E-state index < -0.39 is 28.9 Å². The number of halogens is 3. The van der Waals surface area contributed by atoms with Gasteiger partial charge in [-0.25, -0.2) is 9.37 Å². The van der Waals surface area contributed by atoms with E-state index >= 15 is 0 Å². The van der Waals surface area contributed by atoms with Gasteiger partial charge in [-0.15, -0.1) is 0 Å². The Morgan fingerprint density at radius 2 is 2.46 bits per heavy atom. The maximum absolute atomic E-state index is 13.1. The largest absolute Gasteiger partial charge is 0.355 e. The van der Waals surface area contributed by atoms with E-state index in [2.05, 4.69) is 4.98 Å². The molecule has 1 aromatic heterocycles. The van der Waals surface area contributed by atoms with Gasteiger partial charge in [0.1, 0.15) is 0 Å². The van der Waals surface area contributed by atoms with Gasteiger partial charge in [0.2, 0.25) is 0 Å². The van der Waals surface area contributed by atoms with Gasteiger partial charge in [-0.2, -0.15) is 0 Å². The fourth-order valence-electron chi connectivity index (χ4n) is 0.669. The molecule has 0 saturated heterocycles. The zero-order valence-electron chi connectivity index (χ0n) is 9.07. The lowest BCUT2D eigenvalue weighted by Gasteiger charge is -2.03. The van der Waals surface area contributed by atoms with Crippen LogP contribution in [-0.2, 0) is 0 Å². The highest BCUT2D eigenvalue weighted by atomic mass is 35.5. The van der Waals surface area contributed by atoms with Crippen LogP contribution in [0.3, 0.4) is 0 Å². The quantitative estimate of drug-likeness (QED) is 0.743. The fraction of sp³-hybridized carbons (Fsp3) is 0.143. The van der Waals surface area contributed by atoms with Crippen LogP contribution in [0.1, 0.15) is 14.5 Å². The van der Waals surface area contributed by atoms with E-state index in [-0.39, 0.29) is 5.56 Å². The third-order valence-electron chi connectivity index (χ3n) is 1.28. The molecule has 0 aromatic carbocycles. The van der Waals surface area contributed by atoms with E-state index in [0.717, 1.165) is 6.20 Å². The molecule has 0 unspecified atom stereocenters. The lowest BCUT2D eigenvalue weighted by atomic mass is 10.2. The van der Waals surface area contributed by atoms with Gasteiger partial charge in [-0.05, 0) is 0 Å². The van der Waals surface area contributed by atoms with Crippen molar-refractivity contribution in [2.24, 2.45) is 0 Å². The number of hydrogen-bond donors (Lipinski definition) is 1. The van der Waals surface area contributed by atoms with Gasteiger partial charge in [0, 0.05) is 17.3 Å². The molecule has 1 aromatic rings. The van der Waals surface area contributed by atoms with Crippen molar-refractivity contribution >= 4 is 29.1 Å². The fourth-order valence-corrected chi connectivity index (χ4v) is 1.08.